The number of aromatic nitrogens is 3. The summed E-state index contributed by atoms with van der Waals surface area (Å²) in [6.45, 7) is -3.32. The monoisotopic (exact) mass is 677 g/mol. The van der Waals surface area contributed by atoms with Crippen molar-refractivity contribution in [1.29, 1.82) is 0 Å². The first-order valence-electron chi connectivity index (χ1n) is 13.0. The molecule has 0 saturated heterocycles. The minimum Gasteiger partial charge on any atom is -0.494 e. The third-order valence-corrected chi connectivity index (χ3v) is 6.93. The molecule has 1 atom stereocenters. The summed E-state index contributed by atoms with van der Waals surface area (Å²) in [6.07, 6.45) is -5.45. The van der Waals surface area contributed by atoms with E-state index in [1.54, 1.807) is 0 Å². The number of carbonyl (C=O) groups is 2. The Hall–Kier alpha value is -4.64. The number of aliphatic hydroxyl groups is 1. The normalized spacial score (nSPS) is 13.1. The van der Waals surface area contributed by atoms with Gasteiger partial charge in [0, 0.05) is 34.3 Å². The Morgan fingerprint density at radius 1 is 1.13 bits per heavy atom. The molecule has 2 aromatic heterocycles. The summed E-state index contributed by atoms with van der Waals surface area (Å²) in [6, 6.07) is 3.82. The minimum atomic E-state index is -5.57. The number of benzene rings is 2. The number of rotatable bonds is 11. The van der Waals surface area contributed by atoms with Crippen molar-refractivity contribution in [2.24, 2.45) is 5.73 Å². The lowest BCUT2D eigenvalue weighted by atomic mass is 9.93. The van der Waals surface area contributed by atoms with E-state index in [1.165, 1.54) is 6.92 Å². The van der Waals surface area contributed by atoms with Gasteiger partial charge in [0.05, 0.1) is 37.4 Å². The standard InChI is InChI=1S/C28H23ClF7N5O5/c1-3-46-24-12(7-21(37)42)6-20(39-23(24)15-8-16(29)18(31)9-17(15)30)27(44,28(34,35)36)11-38-25(43)13-4-14-10-41(26(32)33)40-22(14)19(5-13)45-2/h4-6,8-10,26,44H,3,7,11H2,1-2H3,(H2,37,42)(H,38,43)/t27-/m0/s1. The van der Waals surface area contributed by atoms with Crippen molar-refractivity contribution < 1.29 is 54.9 Å². The number of methoxy groups -OCH3 is 1. The number of carbonyl (C=O) groups excluding carboxylic acids is 2. The van der Waals surface area contributed by atoms with E-state index in [1.807, 2.05) is 5.32 Å². The molecule has 10 nitrogen and oxygen atoms in total. The van der Waals surface area contributed by atoms with E-state index in [-0.39, 0.29) is 39.1 Å². The summed E-state index contributed by atoms with van der Waals surface area (Å²) < 4.78 is 110. The van der Waals surface area contributed by atoms with Gasteiger partial charge in [-0.1, -0.05) is 11.6 Å². The van der Waals surface area contributed by atoms with Crippen molar-refractivity contribution in [2.75, 3.05) is 20.3 Å². The van der Waals surface area contributed by atoms with Crippen molar-refractivity contribution in [3.05, 3.63) is 70.0 Å². The van der Waals surface area contributed by atoms with Crippen molar-refractivity contribution in [3.63, 3.8) is 0 Å². The molecule has 18 heteroatoms. The molecule has 0 aliphatic rings. The second-order valence-corrected chi connectivity index (χ2v) is 10.1. The summed E-state index contributed by atoms with van der Waals surface area (Å²) in [4.78, 5) is 28.7. The maximum Gasteiger partial charge on any atom is 0.424 e. The predicted molar refractivity (Wildman–Crippen MR) is 148 cm³/mol. The first kappa shape index (κ1) is 34.2. The fraction of sp³-hybridized carbons (Fsp3) is 0.286. The van der Waals surface area contributed by atoms with Crippen LogP contribution in [0, 0.1) is 11.6 Å². The van der Waals surface area contributed by atoms with Gasteiger partial charge in [0.15, 0.2) is 0 Å². The van der Waals surface area contributed by atoms with Gasteiger partial charge < -0.3 is 25.6 Å². The molecule has 4 aromatic rings. The second-order valence-electron chi connectivity index (χ2n) is 9.71. The van der Waals surface area contributed by atoms with Crippen LogP contribution in [0.4, 0.5) is 30.7 Å². The fourth-order valence-corrected chi connectivity index (χ4v) is 4.63. The smallest absolute Gasteiger partial charge is 0.424 e. The fourth-order valence-electron chi connectivity index (χ4n) is 4.46. The van der Waals surface area contributed by atoms with E-state index in [0.29, 0.717) is 12.1 Å². The molecular formula is C28H23ClF7N5O5. The van der Waals surface area contributed by atoms with Crippen molar-refractivity contribution in [2.45, 2.75) is 31.7 Å². The number of nitrogens with zero attached hydrogens (tertiary/aromatic N) is 3. The van der Waals surface area contributed by atoms with Crippen LogP contribution in [0.2, 0.25) is 5.02 Å². The number of halogens is 8. The highest BCUT2D eigenvalue weighted by Crippen LogP contribution is 2.43. The van der Waals surface area contributed by atoms with Gasteiger partial charge in [-0.3, -0.25) is 9.59 Å². The SMILES string of the molecule is CCOc1c(CC(N)=O)cc([C@@](O)(CNC(=O)c2cc(OC)c3nn(C(F)F)cc3c2)C(F)(F)F)nc1-c1cc(Cl)c(F)cc1F. The first-order valence-corrected chi connectivity index (χ1v) is 13.4. The lowest BCUT2D eigenvalue weighted by Gasteiger charge is -2.31. The highest BCUT2D eigenvalue weighted by atomic mass is 35.5. The Morgan fingerprint density at radius 3 is 2.41 bits per heavy atom. The molecule has 4 N–H and O–H groups in total. The molecule has 0 unspecified atom stereocenters. The zero-order valence-corrected chi connectivity index (χ0v) is 24.4. The molecule has 0 aliphatic carbocycles. The number of amides is 2. The second kappa shape index (κ2) is 13.0. The van der Waals surface area contributed by atoms with Crippen LogP contribution in [0.1, 0.15) is 35.1 Å². The van der Waals surface area contributed by atoms with E-state index in [4.69, 9.17) is 26.8 Å². The van der Waals surface area contributed by atoms with Gasteiger partial charge in [0.2, 0.25) is 11.5 Å². The number of hydrogen-bond acceptors (Lipinski definition) is 7. The molecular weight excluding hydrogens is 655 g/mol. The van der Waals surface area contributed by atoms with E-state index in [2.05, 4.69) is 10.1 Å². The maximum atomic E-state index is 15.0. The molecule has 0 fully saturated rings. The van der Waals surface area contributed by atoms with Crippen LogP contribution in [0.3, 0.4) is 0 Å². The van der Waals surface area contributed by atoms with Gasteiger partial charge in [0.1, 0.15) is 34.3 Å². The minimum absolute atomic E-state index is 0.00946. The summed E-state index contributed by atoms with van der Waals surface area (Å²) in [5, 5.41) is 16.1. The van der Waals surface area contributed by atoms with E-state index in [9.17, 15) is 45.4 Å². The number of ether oxygens (including phenoxy) is 2. The van der Waals surface area contributed by atoms with Crippen molar-refractivity contribution >= 4 is 34.3 Å². The number of primary amides is 1. The molecule has 4 rings (SSSR count). The average molecular weight is 678 g/mol. The van der Waals surface area contributed by atoms with Crippen LogP contribution in [-0.4, -0.2) is 58.1 Å². The molecule has 0 saturated carbocycles. The predicted octanol–water partition coefficient (Wildman–Crippen LogP) is 5.04. The number of nitrogens with two attached hydrogens (primary N) is 1. The summed E-state index contributed by atoms with van der Waals surface area (Å²) in [5.74, 6) is -5.31. The number of nitrogens with one attached hydrogen (secondary N) is 1. The molecule has 0 spiro atoms. The largest absolute Gasteiger partial charge is 0.494 e. The molecule has 0 bridgehead atoms. The summed E-state index contributed by atoms with van der Waals surface area (Å²) in [7, 11) is 1.15. The zero-order chi connectivity index (χ0) is 34.1. The van der Waals surface area contributed by atoms with Crippen molar-refractivity contribution in [1.82, 2.24) is 20.1 Å². The Bertz CT molecular complexity index is 1820. The Labute approximate surface area is 259 Å². The molecule has 0 aliphatic heterocycles. The average Bonchev–Trinajstić information content (AvgIpc) is 3.42. The quantitative estimate of drug-likeness (QED) is 0.149. The van der Waals surface area contributed by atoms with Crippen molar-refractivity contribution in [3.8, 4) is 22.8 Å². The summed E-state index contributed by atoms with van der Waals surface area (Å²) in [5.41, 5.74) is -2.02. The number of fused-ring (bicyclic) bond motifs is 1. The van der Waals surface area contributed by atoms with Gasteiger partial charge in [-0.15, -0.1) is 0 Å². The number of hydrogen-bond donors (Lipinski definition) is 3. The highest BCUT2D eigenvalue weighted by Gasteiger charge is 2.57. The molecule has 2 aromatic carbocycles. The first-order chi connectivity index (χ1) is 21.5. The topological polar surface area (TPSA) is 142 Å². The Kier molecular flexibility index (Phi) is 9.67. The number of pyridine rings is 1. The molecule has 2 amide bonds. The van der Waals surface area contributed by atoms with Crippen LogP contribution in [0.5, 0.6) is 11.5 Å². The zero-order valence-electron chi connectivity index (χ0n) is 23.7. The van der Waals surface area contributed by atoms with E-state index >= 15 is 0 Å². The van der Waals surface area contributed by atoms with Crippen LogP contribution in [-0.2, 0) is 16.8 Å². The molecule has 2 heterocycles. The number of alkyl halides is 5. The third kappa shape index (κ3) is 6.64. The third-order valence-electron chi connectivity index (χ3n) is 6.64. The lowest BCUT2D eigenvalue weighted by molar-refractivity contribution is -0.265. The Balaban J connectivity index is 1.84. The molecule has 246 valence electrons. The van der Waals surface area contributed by atoms with Crippen LogP contribution in [0.15, 0.2) is 36.5 Å². The van der Waals surface area contributed by atoms with E-state index in [0.717, 1.165) is 31.5 Å². The van der Waals surface area contributed by atoms with Gasteiger partial charge in [-0.25, -0.2) is 18.4 Å². The van der Waals surface area contributed by atoms with Crippen LogP contribution >= 0.6 is 11.6 Å². The van der Waals surface area contributed by atoms with Gasteiger partial charge in [-0.05, 0) is 31.2 Å². The molecule has 46 heavy (non-hydrogen) atoms. The van der Waals surface area contributed by atoms with Gasteiger partial charge in [0.25, 0.3) is 5.91 Å². The Morgan fingerprint density at radius 2 is 1.83 bits per heavy atom. The maximum absolute atomic E-state index is 15.0. The highest BCUT2D eigenvalue weighted by molar-refractivity contribution is 6.31. The van der Waals surface area contributed by atoms with Gasteiger partial charge >= 0.3 is 12.7 Å². The van der Waals surface area contributed by atoms with Crippen LogP contribution in [0.25, 0.3) is 22.2 Å². The van der Waals surface area contributed by atoms with Crippen LogP contribution < -0.4 is 20.5 Å². The molecule has 0 radical (unpaired) electrons. The lowest BCUT2D eigenvalue weighted by Crippen LogP contribution is -2.51. The van der Waals surface area contributed by atoms with E-state index < -0.39 is 82.5 Å². The van der Waals surface area contributed by atoms with Gasteiger partial charge in [-0.2, -0.15) is 27.1 Å². The summed E-state index contributed by atoms with van der Waals surface area (Å²) >= 11 is 5.80.